The number of amides is 2. The molecule has 0 bridgehead atoms. The van der Waals surface area contributed by atoms with Crippen LogP contribution >= 0.6 is 0 Å². The Bertz CT molecular complexity index is 794. The topological polar surface area (TPSA) is 63.4 Å². The van der Waals surface area contributed by atoms with Crippen molar-refractivity contribution in [1.82, 2.24) is 4.90 Å². The molecular formula is C19H20N2O2. The van der Waals surface area contributed by atoms with Crippen LogP contribution in [0.15, 0.2) is 30.3 Å². The highest BCUT2D eigenvalue weighted by molar-refractivity contribution is 6.09. The van der Waals surface area contributed by atoms with E-state index in [0.717, 1.165) is 23.8 Å². The number of hydrogen-bond donors (Lipinski definition) is 1. The van der Waals surface area contributed by atoms with Gasteiger partial charge in [-0.25, -0.2) is 0 Å². The van der Waals surface area contributed by atoms with Crippen LogP contribution in [-0.4, -0.2) is 29.8 Å². The van der Waals surface area contributed by atoms with Crippen LogP contribution in [0.5, 0.6) is 0 Å². The molecule has 2 N–H and O–H groups in total. The number of benzene rings is 2. The number of primary amides is 1. The van der Waals surface area contributed by atoms with Gasteiger partial charge in [0.2, 0.25) is 5.91 Å². The average molecular weight is 308 g/mol. The summed E-state index contributed by atoms with van der Waals surface area (Å²) in [4.78, 5) is 26.1. The number of likely N-dealkylation sites (tertiary alicyclic amines) is 1. The second-order valence-corrected chi connectivity index (χ2v) is 6.58. The summed E-state index contributed by atoms with van der Waals surface area (Å²) >= 11 is 0. The minimum absolute atomic E-state index is 0.0727. The molecule has 0 saturated carbocycles. The molecule has 0 radical (unpaired) electrons. The number of nitrogens with zero attached hydrogens (tertiary/aromatic N) is 1. The Morgan fingerprint density at radius 3 is 2.39 bits per heavy atom. The van der Waals surface area contributed by atoms with Crippen molar-refractivity contribution in [2.45, 2.75) is 25.7 Å². The molecule has 1 aliphatic carbocycles. The molecule has 23 heavy (non-hydrogen) atoms. The molecule has 0 aromatic heterocycles. The first-order valence-electron chi connectivity index (χ1n) is 8.27. The minimum atomic E-state index is -0.248. The van der Waals surface area contributed by atoms with Crippen molar-refractivity contribution in [2.24, 2.45) is 11.7 Å². The van der Waals surface area contributed by atoms with Crippen LogP contribution in [0, 0.1) is 5.92 Å². The van der Waals surface area contributed by atoms with Gasteiger partial charge in [0.25, 0.3) is 5.91 Å². The molecule has 0 atom stereocenters. The van der Waals surface area contributed by atoms with E-state index in [-0.39, 0.29) is 17.7 Å². The number of carbonyl (C=O) groups is 2. The highest BCUT2D eigenvalue weighted by Crippen LogP contribution is 2.33. The molecule has 1 fully saturated rings. The van der Waals surface area contributed by atoms with Gasteiger partial charge in [-0.1, -0.05) is 24.3 Å². The van der Waals surface area contributed by atoms with Crippen molar-refractivity contribution in [2.75, 3.05) is 13.1 Å². The predicted octanol–water partition coefficient (Wildman–Crippen LogP) is 2.28. The lowest BCUT2D eigenvalue weighted by Gasteiger charge is -2.31. The summed E-state index contributed by atoms with van der Waals surface area (Å²) in [6, 6.07) is 10.3. The lowest BCUT2D eigenvalue weighted by Crippen LogP contribution is -2.41. The third kappa shape index (κ3) is 2.29. The Hall–Kier alpha value is -2.36. The zero-order chi connectivity index (χ0) is 16.0. The average Bonchev–Trinajstić information content (AvgIpc) is 3.00. The Morgan fingerprint density at radius 2 is 1.70 bits per heavy atom. The third-order valence-electron chi connectivity index (χ3n) is 5.29. The maximum absolute atomic E-state index is 12.9. The first kappa shape index (κ1) is 14.2. The van der Waals surface area contributed by atoms with Crippen molar-refractivity contribution >= 4 is 22.6 Å². The van der Waals surface area contributed by atoms with Crippen LogP contribution in [0.1, 0.15) is 34.3 Å². The van der Waals surface area contributed by atoms with Crippen molar-refractivity contribution in [3.8, 4) is 0 Å². The predicted molar refractivity (Wildman–Crippen MR) is 89.2 cm³/mol. The minimum Gasteiger partial charge on any atom is -0.369 e. The molecule has 1 aliphatic heterocycles. The van der Waals surface area contributed by atoms with Crippen LogP contribution in [0.3, 0.4) is 0 Å². The summed E-state index contributed by atoms with van der Waals surface area (Å²) in [7, 11) is 0. The second-order valence-electron chi connectivity index (χ2n) is 6.58. The largest absolute Gasteiger partial charge is 0.369 e. The molecule has 4 rings (SSSR count). The molecule has 0 spiro atoms. The maximum Gasteiger partial charge on any atom is 0.254 e. The summed E-state index contributed by atoms with van der Waals surface area (Å²) in [6.07, 6.45) is 3.47. The molecule has 4 heteroatoms. The van der Waals surface area contributed by atoms with E-state index in [2.05, 4.69) is 18.2 Å². The van der Waals surface area contributed by atoms with Gasteiger partial charge in [0, 0.05) is 24.6 Å². The summed E-state index contributed by atoms with van der Waals surface area (Å²) in [5.41, 5.74) is 8.85. The van der Waals surface area contributed by atoms with Gasteiger partial charge in [0.05, 0.1) is 0 Å². The van der Waals surface area contributed by atoms with Gasteiger partial charge in [-0.15, -0.1) is 0 Å². The fraction of sp³-hybridized carbons (Fsp3) is 0.368. The first-order chi connectivity index (χ1) is 11.1. The fourth-order valence-electron chi connectivity index (χ4n) is 3.97. The molecule has 2 amide bonds. The summed E-state index contributed by atoms with van der Waals surface area (Å²) in [6.45, 7) is 1.21. The van der Waals surface area contributed by atoms with Gasteiger partial charge < -0.3 is 10.6 Å². The summed E-state index contributed by atoms with van der Waals surface area (Å²) < 4.78 is 0. The van der Waals surface area contributed by atoms with Gasteiger partial charge in [-0.2, -0.15) is 0 Å². The molecule has 118 valence electrons. The molecule has 0 unspecified atom stereocenters. The number of hydrogen-bond acceptors (Lipinski definition) is 2. The van der Waals surface area contributed by atoms with Crippen LogP contribution in [0.2, 0.25) is 0 Å². The van der Waals surface area contributed by atoms with Crippen LogP contribution in [-0.2, 0) is 17.6 Å². The molecule has 1 saturated heterocycles. The first-order valence-corrected chi connectivity index (χ1v) is 8.27. The normalized spacial score (nSPS) is 17.7. The van der Waals surface area contributed by atoms with Gasteiger partial charge in [-0.3, -0.25) is 9.59 Å². The Balaban J connectivity index is 1.66. The maximum atomic E-state index is 12.9. The fourth-order valence-corrected chi connectivity index (χ4v) is 3.97. The Labute approximate surface area is 135 Å². The molecule has 4 nitrogen and oxygen atoms in total. The van der Waals surface area contributed by atoms with Gasteiger partial charge in [0.15, 0.2) is 0 Å². The van der Waals surface area contributed by atoms with Crippen molar-refractivity contribution in [3.63, 3.8) is 0 Å². The number of nitrogens with two attached hydrogens (primary N) is 1. The van der Waals surface area contributed by atoms with Gasteiger partial charge in [-0.05, 0) is 53.6 Å². The number of rotatable bonds is 2. The molecule has 1 heterocycles. The van der Waals surface area contributed by atoms with Crippen molar-refractivity contribution < 1.29 is 9.59 Å². The highest BCUT2D eigenvalue weighted by atomic mass is 16.2. The van der Waals surface area contributed by atoms with E-state index in [9.17, 15) is 9.59 Å². The monoisotopic (exact) mass is 308 g/mol. The molecule has 2 aliphatic rings. The zero-order valence-electron chi connectivity index (χ0n) is 13.0. The molecule has 2 aromatic rings. The number of aryl methyl sites for hydroxylation is 2. The smallest absolute Gasteiger partial charge is 0.254 e. The standard InChI is InChI=1S/C19H20N2O2/c20-18(22)14-8-10-21(11-9-14)19(23)16-7-6-13-5-4-12-2-1-3-15(16)17(12)13/h1-3,6-7,14H,4-5,8-11H2,(H2,20,22). The van der Waals surface area contributed by atoms with E-state index < -0.39 is 0 Å². The lowest BCUT2D eigenvalue weighted by atomic mass is 9.94. The third-order valence-corrected chi connectivity index (χ3v) is 5.29. The van der Waals surface area contributed by atoms with Gasteiger partial charge in [0.1, 0.15) is 0 Å². The van der Waals surface area contributed by atoms with E-state index in [1.54, 1.807) is 0 Å². The van der Waals surface area contributed by atoms with Crippen LogP contribution in [0.4, 0.5) is 0 Å². The van der Waals surface area contributed by atoms with Crippen molar-refractivity contribution in [1.29, 1.82) is 0 Å². The quantitative estimate of drug-likeness (QED) is 0.925. The number of carbonyl (C=O) groups excluding carboxylic acids is 2. The summed E-state index contributed by atoms with van der Waals surface area (Å²) in [5.74, 6) is -0.266. The van der Waals surface area contributed by atoms with E-state index in [1.165, 1.54) is 16.5 Å². The molecule has 2 aromatic carbocycles. The van der Waals surface area contributed by atoms with Crippen LogP contribution in [0.25, 0.3) is 10.8 Å². The van der Waals surface area contributed by atoms with Crippen LogP contribution < -0.4 is 5.73 Å². The Kier molecular flexibility index (Phi) is 3.33. The van der Waals surface area contributed by atoms with E-state index >= 15 is 0 Å². The highest BCUT2D eigenvalue weighted by Gasteiger charge is 2.28. The van der Waals surface area contributed by atoms with Gasteiger partial charge >= 0.3 is 0 Å². The number of piperidine rings is 1. The van der Waals surface area contributed by atoms with E-state index in [1.807, 2.05) is 17.0 Å². The lowest BCUT2D eigenvalue weighted by molar-refractivity contribution is -0.123. The Morgan fingerprint density at radius 1 is 1.00 bits per heavy atom. The SMILES string of the molecule is NC(=O)C1CCN(C(=O)c2ccc3c4c(cccc24)CC3)CC1. The summed E-state index contributed by atoms with van der Waals surface area (Å²) in [5, 5.41) is 2.34. The molecular weight excluding hydrogens is 288 g/mol. The van der Waals surface area contributed by atoms with E-state index in [4.69, 9.17) is 5.73 Å². The second kappa shape index (κ2) is 5.37. The zero-order valence-corrected chi connectivity index (χ0v) is 13.0. The van der Waals surface area contributed by atoms with E-state index in [0.29, 0.717) is 25.9 Å². The van der Waals surface area contributed by atoms with Crippen molar-refractivity contribution in [3.05, 3.63) is 47.0 Å².